The van der Waals surface area contributed by atoms with Gasteiger partial charge in [0.05, 0.1) is 0 Å². The Morgan fingerprint density at radius 3 is 2.65 bits per heavy atom. The number of aromatic nitrogens is 3. The van der Waals surface area contributed by atoms with Gasteiger partial charge in [-0.15, -0.1) is 0 Å². The zero-order valence-electron chi connectivity index (χ0n) is 17.9. The van der Waals surface area contributed by atoms with Crippen LogP contribution in [0.1, 0.15) is 38.1 Å². The lowest BCUT2D eigenvalue weighted by molar-refractivity contribution is 0.0284. The molecule has 1 unspecified atom stereocenters. The highest BCUT2D eigenvalue weighted by Crippen LogP contribution is 2.39. The van der Waals surface area contributed by atoms with Gasteiger partial charge < -0.3 is 10.1 Å². The van der Waals surface area contributed by atoms with Gasteiger partial charge in [0.1, 0.15) is 21.6 Å². The number of hydrogen-bond acceptors (Lipinski definition) is 5. The highest BCUT2D eigenvalue weighted by atomic mass is 35.5. The molecule has 164 valence electrons. The number of alkyl carbamates (subject to hydrolysis) is 1. The third-order valence-corrected chi connectivity index (χ3v) is 5.70. The van der Waals surface area contributed by atoms with Crippen molar-refractivity contribution in [2.24, 2.45) is 5.41 Å². The highest BCUT2D eigenvalue weighted by molar-refractivity contribution is 7.99. The molecule has 1 amide bonds. The van der Waals surface area contributed by atoms with Crippen LogP contribution in [0.4, 0.5) is 9.18 Å². The maximum atomic E-state index is 15.0. The maximum absolute atomic E-state index is 15.0. The van der Waals surface area contributed by atoms with E-state index in [1.54, 1.807) is 43.5 Å². The van der Waals surface area contributed by atoms with Crippen LogP contribution in [0.3, 0.4) is 0 Å². The molecular weight excluding hydrogens is 439 g/mol. The molecule has 6 nitrogen and oxygen atoms in total. The van der Waals surface area contributed by atoms with Gasteiger partial charge in [-0.2, -0.15) is 5.10 Å². The minimum atomic E-state index is -0.649. The van der Waals surface area contributed by atoms with E-state index >= 15 is 0 Å². The van der Waals surface area contributed by atoms with E-state index in [1.165, 1.54) is 23.5 Å². The van der Waals surface area contributed by atoms with Gasteiger partial charge in [-0.1, -0.05) is 56.3 Å². The number of ether oxygens (including phenoxy) is 1. The number of benzene rings is 1. The number of nitrogens with one attached hydrogen (secondary N) is 1. The molecule has 0 aliphatic carbocycles. The predicted molar refractivity (Wildman–Crippen MR) is 119 cm³/mol. The van der Waals surface area contributed by atoms with Crippen molar-refractivity contribution in [3.8, 4) is 5.69 Å². The molecule has 31 heavy (non-hydrogen) atoms. The molecule has 0 fully saturated rings. The average Bonchev–Trinajstić information content (AvgIpc) is 3.11. The van der Waals surface area contributed by atoms with E-state index in [9.17, 15) is 9.18 Å². The fourth-order valence-electron chi connectivity index (χ4n) is 2.94. The maximum Gasteiger partial charge on any atom is 0.407 e. The van der Waals surface area contributed by atoms with Crippen molar-refractivity contribution in [1.29, 1.82) is 0 Å². The lowest BCUT2D eigenvalue weighted by Crippen LogP contribution is -2.29. The Morgan fingerprint density at radius 2 is 2.03 bits per heavy atom. The van der Waals surface area contributed by atoms with E-state index < -0.39 is 17.6 Å². The second-order valence-electron chi connectivity index (χ2n) is 8.05. The summed E-state index contributed by atoms with van der Waals surface area (Å²) in [5.74, 6) is -0.368. The molecule has 0 bridgehead atoms. The molecule has 0 aliphatic heterocycles. The first-order chi connectivity index (χ1) is 14.6. The fraction of sp³-hybridized carbons (Fsp3) is 0.318. The number of pyridine rings is 1. The molecule has 0 radical (unpaired) electrons. The Balaban J connectivity index is 2.13. The summed E-state index contributed by atoms with van der Waals surface area (Å²) in [6.45, 7) is 7.54. The molecule has 0 saturated carbocycles. The molecule has 1 N–H and O–H groups in total. The Hall–Kier alpha value is -2.58. The minimum absolute atomic E-state index is 0.309. The predicted octanol–water partition coefficient (Wildman–Crippen LogP) is 5.96. The Kier molecular flexibility index (Phi) is 6.91. The number of aryl methyl sites for hydroxylation is 1. The zero-order chi connectivity index (χ0) is 22.8. The quantitative estimate of drug-likeness (QED) is 0.473. The van der Waals surface area contributed by atoms with Crippen molar-refractivity contribution in [1.82, 2.24) is 20.1 Å². The Bertz CT molecular complexity index is 1080. The van der Waals surface area contributed by atoms with Gasteiger partial charge in [-0.05, 0) is 36.8 Å². The largest absolute Gasteiger partial charge is 0.439 e. The molecular formula is C22H24ClFN4O2S. The smallest absolute Gasteiger partial charge is 0.407 e. The summed E-state index contributed by atoms with van der Waals surface area (Å²) in [5, 5.41) is 8.16. The lowest BCUT2D eigenvalue weighted by Gasteiger charge is -2.28. The van der Waals surface area contributed by atoms with Crippen molar-refractivity contribution < 1.29 is 13.9 Å². The number of halogens is 2. The van der Waals surface area contributed by atoms with Crippen LogP contribution in [-0.2, 0) is 4.74 Å². The van der Waals surface area contributed by atoms with Crippen molar-refractivity contribution in [3.63, 3.8) is 0 Å². The van der Waals surface area contributed by atoms with Crippen LogP contribution in [-0.4, -0.2) is 27.9 Å². The molecule has 3 aromatic rings. The number of carbonyl (C=O) groups is 1. The van der Waals surface area contributed by atoms with Gasteiger partial charge in [-0.25, -0.2) is 18.9 Å². The summed E-state index contributed by atoms with van der Waals surface area (Å²) in [7, 11) is 1.50. The van der Waals surface area contributed by atoms with E-state index in [2.05, 4.69) is 15.4 Å². The van der Waals surface area contributed by atoms with Gasteiger partial charge in [0.2, 0.25) is 0 Å². The van der Waals surface area contributed by atoms with Gasteiger partial charge in [0, 0.05) is 23.6 Å². The second-order valence-corrected chi connectivity index (χ2v) is 9.53. The Labute approximate surface area is 190 Å². The van der Waals surface area contributed by atoms with Crippen molar-refractivity contribution in [3.05, 3.63) is 64.8 Å². The third kappa shape index (κ3) is 5.37. The Morgan fingerprint density at radius 1 is 1.29 bits per heavy atom. The molecule has 1 aromatic carbocycles. The summed E-state index contributed by atoms with van der Waals surface area (Å²) in [5.41, 5.74) is 0.887. The van der Waals surface area contributed by atoms with E-state index in [0.29, 0.717) is 27.1 Å². The fourth-order valence-corrected chi connectivity index (χ4v) is 3.94. The summed E-state index contributed by atoms with van der Waals surface area (Å²) >= 11 is 7.26. The van der Waals surface area contributed by atoms with Gasteiger partial charge >= 0.3 is 6.09 Å². The summed E-state index contributed by atoms with van der Waals surface area (Å²) in [6, 6.07) is 10.5. The van der Waals surface area contributed by atoms with Crippen LogP contribution < -0.4 is 5.32 Å². The van der Waals surface area contributed by atoms with Crippen LogP contribution in [0.2, 0.25) is 5.15 Å². The molecule has 1 atom stereocenters. The number of nitrogens with zero attached hydrogens (tertiary/aromatic N) is 3. The molecule has 0 aliphatic rings. The van der Waals surface area contributed by atoms with Crippen molar-refractivity contribution >= 4 is 29.5 Å². The van der Waals surface area contributed by atoms with E-state index in [4.69, 9.17) is 16.3 Å². The SMILES string of the molecule is CNC(=O)OC(c1cc(Sc2ccc(Cl)nc2)n(-c2cccc(C)c2F)n1)C(C)(C)C. The van der Waals surface area contributed by atoms with Gasteiger partial charge in [0.15, 0.2) is 11.9 Å². The van der Waals surface area contributed by atoms with Crippen molar-refractivity contribution in [2.75, 3.05) is 7.05 Å². The molecule has 0 saturated heterocycles. The van der Waals surface area contributed by atoms with E-state index in [0.717, 1.165) is 4.90 Å². The molecule has 3 rings (SSSR count). The average molecular weight is 463 g/mol. The summed E-state index contributed by atoms with van der Waals surface area (Å²) in [6.07, 6.45) is 0.426. The molecule has 0 spiro atoms. The van der Waals surface area contributed by atoms with Crippen LogP contribution in [0.15, 0.2) is 52.5 Å². The monoisotopic (exact) mass is 462 g/mol. The normalized spacial score (nSPS) is 12.5. The third-order valence-electron chi connectivity index (χ3n) is 4.50. The van der Waals surface area contributed by atoms with Gasteiger partial charge in [-0.3, -0.25) is 0 Å². The van der Waals surface area contributed by atoms with Gasteiger partial charge in [0.25, 0.3) is 0 Å². The zero-order valence-corrected chi connectivity index (χ0v) is 19.5. The van der Waals surface area contributed by atoms with Crippen LogP contribution in [0, 0.1) is 18.2 Å². The number of amides is 1. The molecule has 2 aromatic heterocycles. The first-order valence-corrected chi connectivity index (χ1v) is 10.8. The first-order valence-electron chi connectivity index (χ1n) is 9.63. The van der Waals surface area contributed by atoms with E-state index in [1.807, 2.05) is 26.8 Å². The number of rotatable bonds is 5. The molecule has 2 heterocycles. The summed E-state index contributed by atoms with van der Waals surface area (Å²) < 4.78 is 22.1. The highest BCUT2D eigenvalue weighted by Gasteiger charge is 2.33. The lowest BCUT2D eigenvalue weighted by atomic mass is 9.87. The van der Waals surface area contributed by atoms with Crippen LogP contribution in [0.5, 0.6) is 0 Å². The first kappa shape index (κ1) is 23.1. The minimum Gasteiger partial charge on any atom is -0.439 e. The summed E-state index contributed by atoms with van der Waals surface area (Å²) in [4.78, 5) is 16.9. The van der Waals surface area contributed by atoms with Crippen LogP contribution in [0.25, 0.3) is 5.69 Å². The van der Waals surface area contributed by atoms with E-state index in [-0.39, 0.29) is 5.82 Å². The van der Waals surface area contributed by atoms with Crippen LogP contribution >= 0.6 is 23.4 Å². The number of hydrogen-bond donors (Lipinski definition) is 1. The van der Waals surface area contributed by atoms with Crippen molar-refractivity contribution in [2.45, 2.75) is 43.7 Å². The number of carbonyl (C=O) groups excluding carboxylic acids is 1. The second kappa shape index (κ2) is 9.28. The molecule has 9 heteroatoms. The standard InChI is InChI=1S/C22H24ClFN4O2S/c1-13-7-6-8-16(19(13)24)28-18(31-14-9-10-17(23)26-12-14)11-15(27-28)20(22(2,3)4)30-21(29)25-5/h6-12,20H,1-5H3,(H,25,29). The topological polar surface area (TPSA) is 69.0 Å².